The van der Waals surface area contributed by atoms with Crippen LogP contribution in [0.3, 0.4) is 0 Å². The molecular formula is C22H28N4O4. The van der Waals surface area contributed by atoms with Gasteiger partial charge >= 0.3 is 5.97 Å². The minimum absolute atomic E-state index is 0.0603. The van der Waals surface area contributed by atoms with E-state index in [9.17, 15) is 24.8 Å². The molecule has 2 saturated heterocycles. The predicted octanol–water partition coefficient (Wildman–Crippen LogP) is 2.75. The fourth-order valence-electron chi connectivity index (χ4n) is 4.14. The molecule has 0 saturated carbocycles. The molecule has 2 aliphatic rings. The van der Waals surface area contributed by atoms with E-state index < -0.39 is 5.97 Å². The number of likely N-dealkylation sites (tertiary alicyclic amines) is 1. The van der Waals surface area contributed by atoms with Crippen LogP contribution in [0.2, 0.25) is 0 Å². The van der Waals surface area contributed by atoms with Crippen LogP contribution in [0.25, 0.3) is 0 Å². The fraction of sp³-hybridized carbons (Fsp3) is 0.591. The maximum absolute atomic E-state index is 12.7. The van der Waals surface area contributed by atoms with Crippen LogP contribution in [0.15, 0.2) is 6.07 Å². The molecule has 8 heteroatoms. The number of aliphatic carboxylic acids is 1. The molecule has 3 heterocycles. The number of Topliss-reactive ketones (excluding diaryl/α,β-unsaturated/α-hetero) is 1. The molecule has 3 rings (SSSR count). The first-order valence-electron chi connectivity index (χ1n) is 10.7. The average molecular weight is 412 g/mol. The summed E-state index contributed by atoms with van der Waals surface area (Å²) in [5.74, 6) is -0.716. The summed E-state index contributed by atoms with van der Waals surface area (Å²) in [5, 5.41) is 18.9. The van der Waals surface area contributed by atoms with Crippen molar-refractivity contribution in [2.24, 2.45) is 5.92 Å². The lowest BCUT2D eigenvalue weighted by molar-refractivity contribution is -0.142. The van der Waals surface area contributed by atoms with Crippen LogP contribution in [-0.2, 0) is 16.1 Å². The predicted molar refractivity (Wildman–Crippen MR) is 110 cm³/mol. The number of amides is 1. The van der Waals surface area contributed by atoms with Crippen molar-refractivity contribution in [3.63, 3.8) is 0 Å². The summed E-state index contributed by atoms with van der Waals surface area (Å²) in [4.78, 5) is 44.7. The molecule has 2 aliphatic heterocycles. The Morgan fingerprint density at radius 3 is 2.60 bits per heavy atom. The Hall–Kier alpha value is -2.95. The zero-order chi connectivity index (χ0) is 21.7. The monoisotopic (exact) mass is 412 g/mol. The van der Waals surface area contributed by atoms with Crippen molar-refractivity contribution < 1.29 is 19.5 Å². The minimum Gasteiger partial charge on any atom is -0.481 e. The second-order valence-corrected chi connectivity index (χ2v) is 8.01. The third-order valence-electron chi connectivity index (χ3n) is 5.89. The molecule has 0 bridgehead atoms. The van der Waals surface area contributed by atoms with Gasteiger partial charge in [0.15, 0.2) is 5.78 Å². The van der Waals surface area contributed by atoms with E-state index in [1.165, 1.54) is 0 Å². The average Bonchev–Trinajstić information content (AvgIpc) is 2.75. The van der Waals surface area contributed by atoms with E-state index in [0.717, 1.165) is 12.8 Å². The van der Waals surface area contributed by atoms with Crippen LogP contribution in [0, 0.1) is 17.2 Å². The molecule has 160 valence electrons. The van der Waals surface area contributed by atoms with Crippen LogP contribution in [0.4, 0.5) is 5.82 Å². The minimum atomic E-state index is -0.798. The van der Waals surface area contributed by atoms with Crippen molar-refractivity contribution >= 4 is 23.5 Å². The highest BCUT2D eigenvalue weighted by Crippen LogP contribution is 2.28. The number of nitriles is 1. The summed E-state index contributed by atoms with van der Waals surface area (Å²) in [6.45, 7) is 3.80. The lowest BCUT2D eigenvalue weighted by Gasteiger charge is -2.32. The number of carboxylic acids is 1. The summed E-state index contributed by atoms with van der Waals surface area (Å²) in [6.07, 6.45) is 4.32. The number of aromatic nitrogens is 1. The maximum Gasteiger partial charge on any atom is 0.306 e. The number of hydrogen-bond donors (Lipinski definition) is 1. The SMILES string of the molecule is CCCC(=O)c1cc(C#N)c(N2CCC(C(=O)O)CC2)nc1CN1CCCCC1=O. The first-order chi connectivity index (χ1) is 14.4. The topological polar surface area (TPSA) is 115 Å². The quantitative estimate of drug-likeness (QED) is 0.685. The largest absolute Gasteiger partial charge is 0.481 e. The third kappa shape index (κ3) is 4.78. The molecule has 1 N–H and O–H groups in total. The first-order valence-corrected chi connectivity index (χ1v) is 10.7. The van der Waals surface area contributed by atoms with Gasteiger partial charge in [0.25, 0.3) is 0 Å². The van der Waals surface area contributed by atoms with Gasteiger partial charge < -0.3 is 14.9 Å². The second-order valence-electron chi connectivity index (χ2n) is 8.01. The van der Waals surface area contributed by atoms with Crippen molar-refractivity contribution in [1.82, 2.24) is 9.88 Å². The highest BCUT2D eigenvalue weighted by molar-refractivity contribution is 5.98. The Morgan fingerprint density at radius 2 is 2.00 bits per heavy atom. The maximum atomic E-state index is 12.7. The van der Waals surface area contributed by atoms with E-state index in [1.54, 1.807) is 11.0 Å². The van der Waals surface area contributed by atoms with Gasteiger partial charge in [-0.05, 0) is 38.2 Å². The van der Waals surface area contributed by atoms with Gasteiger partial charge in [-0.25, -0.2) is 4.98 Å². The zero-order valence-corrected chi connectivity index (χ0v) is 17.4. The Bertz CT molecular complexity index is 869. The van der Waals surface area contributed by atoms with Gasteiger partial charge in [0, 0.05) is 38.0 Å². The van der Waals surface area contributed by atoms with Gasteiger partial charge in [-0.3, -0.25) is 14.4 Å². The molecule has 0 radical (unpaired) electrons. The van der Waals surface area contributed by atoms with Gasteiger partial charge in [-0.2, -0.15) is 5.26 Å². The highest BCUT2D eigenvalue weighted by atomic mass is 16.4. The van der Waals surface area contributed by atoms with Crippen LogP contribution >= 0.6 is 0 Å². The molecule has 1 aromatic heterocycles. The molecule has 8 nitrogen and oxygen atoms in total. The Balaban J connectivity index is 1.94. The number of carboxylic acid groups (broad SMARTS) is 1. The molecule has 1 amide bonds. The number of nitrogens with zero attached hydrogens (tertiary/aromatic N) is 4. The molecular weight excluding hydrogens is 384 g/mol. The number of rotatable bonds is 7. The van der Waals surface area contributed by atoms with Gasteiger partial charge in [0.1, 0.15) is 11.9 Å². The number of pyridine rings is 1. The zero-order valence-electron chi connectivity index (χ0n) is 17.4. The number of piperidine rings is 2. The molecule has 30 heavy (non-hydrogen) atoms. The lowest BCUT2D eigenvalue weighted by Crippen LogP contribution is -2.38. The molecule has 0 atom stereocenters. The number of anilines is 1. The summed E-state index contributed by atoms with van der Waals surface area (Å²) in [6, 6.07) is 3.76. The fourth-order valence-corrected chi connectivity index (χ4v) is 4.14. The van der Waals surface area contributed by atoms with Crippen molar-refractivity contribution in [2.45, 2.75) is 58.4 Å². The molecule has 2 fully saturated rings. The number of carbonyl (C=O) groups is 3. The summed E-state index contributed by atoms with van der Waals surface area (Å²) in [7, 11) is 0. The molecule has 0 unspecified atom stereocenters. The van der Waals surface area contributed by atoms with Gasteiger partial charge in [-0.15, -0.1) is 0 Å². The van der Waals surface area contributed by atoms with E-state index in [1.807, 2.05) is 11.8 Å². The van der Waals surface area contributed by atoms with Crippen LogP contribution in [0.5, 0.6) is 0 Å². The van der Waals surface area contributed by atoms with Gasteiger partial charge in [0.2, 0.25) is 5.91 Å². The van der Waals surface area contributed by atoms with Gasteiger partial charge in [0.05, 0.1) is 23.7 Å². The van der Waals surface area contributed by atoms with E-state index in [4.69, 9.17) is 4.98 Å². The Labute approximate surface area is 176 Å². The standard InChI is InChI=1S/C22H28N4O4/c1-2-5-19(27)17-12-16(13-23)21(25-10-7-15(8-11-25)22(29)30)24-18(17)14-26-9-4-3-6-20(26)28/h12,15H,2-11,14H2,1H3,(H,29,30). The number of carbonyl (C=O) groups excluding carboxylic acids is 2. The first kappa shape index (κ1) is 21.8. The Morgan fingerprint density at radius 1 is 1.27 bits per heavy atom. The molecule has 0 aromatic carbocycles. The summed E-state index contributed by atoms with van der Waals surface area (Å²) in [5.41, 5.74) is 1.26. The van der Waals surface area contributed by atoms with Crippen molar-refractivity contribution in [3.05, 3.63) is 22.9 Å². The smallest absolute Gasteiger partial charge is 0.306 e. The number of ketones is 1. The van der Waals surface area contributed by atoms with E-state index in [2.05, 4.69) is 6.07 Å². The van der Waals surface area contributed by atoms with Crippen molar-refractivity contribution in [2.75, 3.05) is 24.5 Å². The van der Waals surface area contributed by atoms with Gasteiger partial charge in [-0.1, -0.05) is 6.92 Å². The highest BCUT2D eigenvalue weighted by Gasteiger charge is 2.29. The Kier molecular flexibility index (Phi) is 7.03. The second kappa shape index (κ2) is 9.70. The third-order valence-corrected chi connectivity index (χ3v) is 5.89. The van der Waals surface area contributed by atoms with Crippen LogP contribution in [0.1, 0.15) is 73.5 Å². The van der Waals surface area contributed by atoms with Crippen molar-refractivity contribution in [1.29, 1.82) is 5.26 Å². The normalized spacial score (nSPS) is 17.7. The van der Waals surface area contributed by atoms with E-state index in [-0.39, 0.29) is 24.2 Å². The van der Waals surface area contributed by atoms with Crippen LogP contribution < -0.4 is 4.90 Å². The lowest BCUT2D eigenvalue weighted by atomic mass is 9.96. The van der Waals surface area contributed by atoms with Crippen LogP contribution in [-0.4, -0.2) is 52.3 Å². The van der Waals surface area contributed by atoms with E-state index in [0.29, 0.717) is 74.4 Å². The molecule has 0 aliphatic carbocycles. The number of hydrogen-bond acceptors (Lipinski definition) is 6. The molecule has 1 aromatic rings. The van der Waals surface area contributed by atoms with Crippen molar-refractivity contribution in [3.8, 4) is 6.07 Å². The summed E-state index contributed by atoms with van der Waals surface area (Å²) >= 11 is 0. The molecule has 0 spiro atoms. The summed E-state index contributed by atoms with van der Waals surface area (Å²) < 4.78 is 0. The van der Waals surface area contributed by atoms with E-state index >= 15 is 0 Å².